The maximum absolute atomic E-state index is 8.68. The molecular weight excluding hydrogens is 340 g/mol. The number of oxime groups is 1. The largest absolute Gasteiger partial charge is 0.409 e. The van der Waals surface area contributed by atoms with E-state index in [1.165, 1.54) is 0 Å². The number of aromatic nitrogens is 1. The molecule has 0 aliphatic carbocycles. The molecule has 0 aliphatic rings. The van der Waals surface area contributed by atoms with Gasteiger partial charge in [0.05, 0.1) is 22.9 Å². The second kappa shape index (κ2) is 6.23. The number of benzene rings is 1. The van der Waals surface area contributed by atoms with Crippen LogP contribution in [0.1, 0.15) is 16.3 Å². The van der Waals surface area contributed by atoms with E-state index in [4.69, 9.17) is 10.9 Å². The van der Waals surface area contributed by atoms with Gasteiger partial charge in [0.2, 0.25) is 0 Å². The summed E-state index contributed by atoms with van der Waals surface area (Å²) in [6, 6.07) is 5.57. The molecule has 3 N–H and O–H groups in total. The Hall–Kier alpha value is -1.60. The molecule has 0 unspecified atom stereocenters. The van der Waals surface area contributed by atoms with Gasteiger partial charge >= 0.3 is 0 Å². The van der Waals surface area contributed by atoms with Gasteiger partial charge in [0, 0.05) is 22.5 Å². The van der Waals surface area contributed by atoms with Crippen LogP contribution in [-0.4, -0.2) is 23.1 Å². The van der Waals surface area contributed by atoms with Crippen LogP contribution < -0.4 is 10.6 Å². The van der Waals surface area contributed by atoms with Crippen molar-refractivity contribution in [1.29, 1.82) is 0 Å². The van der Waals surface area contributed by atoms with Crippen molar-refractivity contribution >= 4 is 38.8 Å². The minimum absolute atomic E-state index is 0.0926. The van der Waals surface area contributed by atoms with Crippen molar-refractivity contribution in [1.82, 2.24) is 4.98 Å². The van der Waals surface area contributed by atoms with Gasteiger partial charge in [0.25, 0.3) is 0 Å². The Morgan fingerprint density at radius 1 is 1.55 bits per heavy atom. The molecule has 20 heavy (non-hydrogen) atoms. The van der Waals surface area contributed by atoms with Crippen LogP contribution in [0.2, 0.25) is 0 Å². The van der Waals surface area contributed by atoms with Crippen LogP contribution in [0.5, 0.6) is 0 Å². The zero-order valence-corrected chi connectivity index (χ0v) is 13.6. The maximum atomic E-state index is 8.68. The summed E-state index contributed by atoms with van der Waals surface area (Å²) in [6.07, 6.45) is 0. The molecule has 1 aromatic carbocycles. The third-order valence-electron chi connectivity index (χ3n) is 2.83. The van der Waals surface area contributed by atoms with Crippen molar-refractivity contribution < 1.29 is 5.21 Å². The summed E-state index contributed by atoms with van der Waals surface area (Å²) >= 11 is 5.16. The number of aryl methyl sites for hydroxylation is 1. The van der Waals surface area contributed by atoms with Crippen molar-refractivity contribution in [3.63, 3.8) is 0 Å². The van der Waals surface area contributed by atoms with Gasteiger partial charge in [-0.25, -0.2) is 4.98 Å². The zero-order valence-electron chi connectivity index (χ0n) is 11.2. The fourth-order valence-electron chi connectivity index (χ4n) is 1.84. The van der Waals surface area contributed by atoms with Crippen LogP contribution in [-0.2, 0) is 6.54 Å². The topological polar surface area (TPSA) is 74.7 Å². The fraction of sp³-hybridized carbons (Fsp3) is 0.231. The smallest absolute Gasteiger partial charge is 0.170 e. The Bertz CT molecular complexity index is 641. The van der Waals surface area contributed by atoms with Crippen LogP contribution in [0, 0.1) is 6.92 Å². The van der Waals surface area contributed by atoms with E-state index in [1.807, 2.05) is 32.2 Å². The van der Waals surface area contributed by atoms with Gasteiger partial charge < -0.3 is 15.8 Å². The van der Waals surface area contributed by atoms with E-state index in [0.717, 1.165) is 27.4 Å². The van der Waals surface area contributed by atoms with Crippen LogP contribution >= 0.6 is 27.3 Å². The molecule has 0 bridgehead atoms. The van der Waals surface area contributed by atoms with Crippen LogP contribution in [0.25, 0.3) is 0 Å². The summed E-state index contributed by atoms with van der Waals surface area (Å²) in [7, 11) is 2.00. The Morgan fingerprint density at radius 2 is 2.30 bits per heavy atom. The molecule has 0 spiro atoms. The van der Waals surface area contributed by atoms with Crippen molar-refractivity contribution in [3.8, 4) is 0 Å². The monoisotopic (exact) mass is 354 g/mol. The molecule has 2 rings (SSSR count). The lowest BCUT2D eigenvalue weighted by Crippen LogP contribution is -2.18. The van der Waals surface area contributed by atoms with Crippen molar-refractivity contribution in [3.05, 3.63) is 44.3 Å². The molecule has 0 amide bonds. The number of halogens is 1. The summed E-state index contributed by atoms with van der Waals surface area (Å²) < 4.78 is 0.885. The Morgan fingerprint density at radius 3 is 2.85 bits per heavy atom. The molecule has 0 saturated heterocycles. The molecule has 0 radical (unpaired) electrons. The lowest BCUT2D eigenvalue weighted by atomic mass is 10.2. The van der Waals surface area contributed by atoms with E-state index in [0.29, 0.717) is 5.56 Å². The average molecular weight is 355 g/mol. The SMILES string of the molecule is Cc1nc(CN(C)c2ccc(/C(N)=N/O)cc2Br)cs1. The van der Waals surface area contributed by atoms with E-state index < -0.39 is 0 Å². The standard InChI is InChI=1S/C13H15BrN4OS/c1-8-16-10(7-20-8)6-18(2)12-4-3-9(5-11(12)14)13(15)17-19/h3-5,7,19H,6H2,1-2H3,(H2,15,17). The number of anilines is 1. The first kappa shape index (κ1) is 14.8. The van der Waals surface area contributed by atoms with E-state index in [2.05, 4.69) is 36.3 Å². The third kappa shape index (κ3) is 3.29. The number of rotatable bonds is 4. The number of hydrogen-bond donors (Lipinski definition) is 2. The first-order valence-corrected chi connectivity index (χ1v) is 7.58. The van der Waals surface area contributed by atoms with Gasteiger partial charge in [0.15, 0.2) is 5.84 Å². The van der Waals surface area contributed by atoms with E-state index in [1.54, 1.807) is 11.3 Å². The van der Waals surface area contributed by atoms with Crippen LogP contribution in [0.15, 0.2) is 33.2 Å². The van der Waals surface area contributed by atoms with E-state index in [9.17, 15) is 0 Å². The molecule has 0 fully saturated rings. The molecule has 5 nitrogen and oxygen atoms in total. The number of nitrogens with two attached hydrogens (primary N) is 1. The van der Waals surface area contributed by atoms with Crippen molar-refractivity contribution in [2.24, 2.45) is 10.9 Å². The summed E-state index contributed by atoms with van der Waals surface area (Å²) in [6.45, 7) is 2.72. The molecule has 0 atom stereocenters. The maximum Gasteiger partial charge on any atom is 0.170 e. The molecule has 106 valence electrons. The average Bonchev–Trinajstić information content (AvgIpc) is 2.82. The summed E-state index contributed by atoms with van der Waals surface area (Å²) in [5.41, 5.74) is 8.30. The summed E-state index contributed by atoms with van der Waals surface area (Å²) in [4.78, 5) is 6.55. The van der Waals surface area contributed by atoms with Gasteiger partial charge in [-0.05, 0) is 41.1 Å². The zero-order chi connectivity index (χ0) is 14.7. The lowest BCUT2D eigenvalue weighted by Gasteiger charge is -2.20. The van der Waals surface area contributed by atoms with Gasteiger partial charge in [-0.3, -0.25) is 0 Å². The van der Waals surface area contributed by atoms with Gasteiger partial charge in [-0.15, -0.1) is 11.3 Å². The second-order valence-corrected chi connectivity index (χ2v) is 6.28. The van der Waals surface area contributed by atoms with Gasteiger partial charge in [-0.2, -0.15) is 0 Å². The minimum Gasteiger partial charge on any atom is -0.409 e. The third-order valence-corrected chi connectivity index (χ3v) is 4.29. The molecule has 0 aliphatic heterocycles. The molecule has 1 heterocycles. The molecule has 2 aromatic rings. The molecule has 0 saturated carbocycles. The first-order chi connectivity index (χ1) is 9.51. The van der Waals surface area contributed by atoms with Crippen molar-refractivity contribution in [2.75, 3.05) is 11.9 Å². The molecular formula is C13H15BrN4OS. The molecule has 1 aromatic heterocycles. The van der Waals surface area contributed by atoms with Crippen LogP contribution in [0.3, 0.4) is 0 Å². The highest BCUT2D eigenvalue weighted by Crippen LogP contribution is 2.27. The second-order valence-electron chi connectivity index (χ2n) is 4.37. The first-order valence-electron chi connectivity index (χ1n) is 5.91. The lowest BCUT2D eigenvalue weighted by molar-refractivity contribution is 0.318. The summed E-state index contributed by atoms with van der Waals surface area (Å²) in [5.74, 6) is 0.0926. The Balaban J connectivity index is 2.20. The highest BCUT2D eigenvalue weighted by Gasteiger charge is 2.10. The predicted octanol–water partition coefficient (Wildman–Crippen LogP) is 2.94. The Kier molecular flexibility index (Phi) is 4.61. The van der Waals surface area contributed by atoms with Gasteiger partial charge in [0.1, 0.15) is 0 Å². The Labute approximate surface area is 129 Å². The summed E-state index contributed by atoms with van der Waals surface area (Å²) in [5, 5.41) is 14.8. The number of amidine groups is 1. The highest BCUT2D eigenvalue weighted by atomic mass is 79.9. The highest BCUT2D eigenvalue weighted by molar-refractivity contribution is 9.10. The number of thiazole rings is 1. The van der Waals surface area contributed by atoms with E-state index in [-0.39, 0.29) is 5.84 Å². The molecule has 7 heteroatoms. The van der Waals surface area contributed by atoms with Crippen molar-refractivity contribution in [2.45, 2.75) is 13.5 Å². The predicted molar refractivity (Wildman–Crippen MR) is 85.6 cm³/mol. The fourth-order valence-corrected chi connectivity index (χ4v) is 3.13. The number of hydrogen-bond acceptors (Lipinski definition) is 5. The normalized spacial score (nSPS) is 11.7. The van der Waals surface area contributed by atoms with Crippen LogP contribution in [0.4, 0.5) is 5.69 Å². The quantitative estimate of drug-likeness (QED) is 0.383. The minimum atomic E-state index is 0.0926. The van der Waals surface area contributed by atoms with Gasteiger partial charge in [-0.1, -0.05) is 5.16 Å². The number of nitrogens with zero attached hydrogens (tertiary/aromatic N) is 3. The van der Waals surface area contributed by atoms with E-state index >= 15 is 0 Å².